The van der Waals surface area contributed by atoms with Gasteiger partial charge in [-0.05, 0) is 60.2 Å². The third kappa shape index (κ3) is 9.10. The van der Waals surface area contributed by atoms with E-state index in [1.54, 1.807) is 44.4 Å². The second-order valence-corrected chi connectivity index (χ2v) is 18.2. The molecule has 15 heteroatoms. The predicted octanol–water partition coefficient (Wildman–Crippen LogP) is 6.14. The van der Waals surface area contributed by atoms with Crippen molar-refractivity contribution in [3.05, 3.63) is 83.5 Å². The van der Waals surface area contributed by atoms with Crippen LogP contribution in [-0.4, -0.2) is 69.1 Å². The Kier molecular flexibility index (Phi) is 11.6. The molecule has 12 nitrogen and oxygen atoms in total. The molecule has 1 aromatic carbocycles. The van der Waals surface area contributed by atoms with Crippen LogP contribution in [0.3, 0.4) is 0 Å². The van der Waals surface area contributed by atoms with Crippen molar-refractivity contribution >= 4 is 36.5 Å². The van der Waals surface area contributed by atoms with Gasteiger partial charge in [0.2, 0.25) is 9.84 Å². The molecule has 1 atom stereocenters. The van der Waals surface area contributed by atoms with Crippen LogP contribution in [0.5, 0.6) is 0 Å². The van der Waals surface area contributed by atoms with Crippen molar-refractivity contribution in [3.63, 3.8) is 0 Å². The molecule has 0 spiro atoms. The van der Waals surface area contributed by atoms with Gasteiger partial charge in [0.25, 0.3) is 0 Å². The molecule has 52 heavy (non-hydrogen) atoms. The highest BCUT2D eigenvalue weighted by Gasteiger charge is 2.31. The van der Waals surface area contributed by atoms with Crippen LogP contribution < -0.4 is 0 Å². The lowest BCUT2D eigenvalue weighted by atomic mass is 9.89. The van der Waals surface area contributed by atoms with Gasteiger partial charge in [-0.3, -0.25) is 14.8 Å². The summed E-state index contributed by atoms with van der Waals surface area (Å²) in [5.41, 5.74) is 1.43. The molecular weight excluding hydrogens is 708 g/mol. The summed E-state index contributed by atoms with van der Waals surface area (Å²) in [7, 11) is -6.52. The van der Waals surface area contributed by atoms with Gasteiger partial charge in [-0.1, -0.05) is 53.0 Å². The van der Waals surface area contributed by atoms with Gasteiger partial charge < -0.3 is 10.1 Å². The second-order valence-electron chi connectivity index (χ2n) is 14.2. The molecule has 0 saturated heterocycles. The van der Waals surface area contributed by atoms with Crippen molar-refractivity contribution in [1.82, 2.24) is 29.7 Å². The second kappa shape index (κ2) is 15.6. The number of sulfone groups is 2. The van der Waals surface area contributed by atoms with Gasteiger partial charge >= 0.3 is 5.97 Å². The largest absolute Gasteiger partial charge is 0.481 e. The zero-order valence-electron chi connectivity index (χ0n) is 30.1. The molecule has 5 rings (SSSR count). The van der Waals surface area contributed by atoms with Gasteiger partial charge in [0, 0.05) is 48.2 Å². The standard InChI is InChI=1S/C37H45FN6O6S2/c1-6-7-8-15-37(3,4)23-51(47,48)18-14-29-28-13-17-39-31(28)22-30(38)34(29)52(49,50)27-12-16-40-32(21-27)35-42-33(43-44(35)5)20-26-11-9-10-25(41-26)19-24(2)36(45)46/h9-13,16-17,21-22,24,39H,6-8,14-15,18-20,23H2,1-5H3,(H,45,46)/t24-/m0/s1. The number of carboxylic acid groups (broad SMARTS) is 1. The summed E-state index contributed by atoms with van der Waals surface area (Å²) in [5.74, 6) is -2.26. The number of pyridine rings is 2. The van der Waals surface area contributed by atoms with Gasteiger partial charge in [0.05, 0.1) is 28.7 Å². The van der Waals surface area contributed by atoms with Crippen molar-refractivity contribution in [2.45, 2.75) is 82.4 Å². The summed E-state index contributed by atoms with van der Waals surface area (Å²) in [6, 6.07) is 10.6. The molecule has 0 aliphatic carbocycles. The fourth-order valence-electron chi connectivity index (χ4n) is 6.47. The van der Waals surface area contributed by atoms with E-state index in [4.69, 9.17) is 0 Å². The molecule has 4 heterocycles. The maximum Gasteiger partial charge on any atom is 0.306 e. The maximum atomic E-state index is 15.9. The fraction of sp³-hybridized carbons (Fsp3) is 0.432. The summed E-state index contributed by atoms with van der Waals surface area (Å²) >= 11 is 0. The summed E-state index contributed by atoms with van der Waals surface area (Å²) in [6.07, 6.45) is 6.86. The number of halogens is 1. The quantitative estimate of drug-likeness (QED) is 0.105. The van der Waals surface area contributed by atoms with Gasteiger partial charge in [-0.15, -0.1) is 0 Å². The number of hydrogen-bond donors (Lipinski definition) is 2. The molecule has 4 aromatic heterocycles. The molecule has 2 N–H and O–H groups in total. The SMILES string of the molecule is CCCCCC(C)(C)CS(=O)(=O)CCc1c(S(=O)(=O)c2ccnc(-c3nc(Cc4cccc(C[C@H](C)C(=O)O)n4)nn3C)c2)c(F)cc2[nH]ccc12. The highest BCUT2D eigenvalue weighted by atomic mass is 32.2. The van der Waals surface area contributed by atoms with Gasteiger partial charge in [0.1, 0.15) is 16.4 Å². The van der Waals surface area contributed by atoms with Gasteiger partial charge in [0.15, 0.2) is 21.5 Å². The summed E-state index contributed by atoms with van der Waals surface area (Å²) in [4.78, 5) is 26.9. The van der Waals surface area contributed by atoms with E-state index < -0.39 is 47.7 Å². The normalized spacial score (nSPS) is 13.1. The molecule has 0 aliphatic rings. The topological polar surface area (TPSA) is 178 Å². The summed E-state index contributed by atoms with van der Waals surface area (Å²) < 4.78 is 72.7. The van der Waals surface area contributed by atoms with E-state index in [1.165, 1.54) is 23.0 Å². The van der Waals surface area contributed by atoms with E-state index in [0.717, 1.165) is 31.7 Å². The van der Waals surface area contributed by atoms with E-state index >= 15 is 4.39 Å². The first-order valence-corrected chi connectivity index (χ1v) is 20.6. The number of H-pyrrole nitrogens is 1. The van der Waals surface area contributed by atoms with E-state index in [2.05, 4.69) is 32.0 Å². The number of rotatable bonds is 17. The first-order chi connectivity index (χ1) is 24.5. The average Bonchev–Trinajstić information content (AvgIpc) is 3.68. The minimum Gasteiger partial charge on any atom is -0.481 e. The number of unbranched alkanes of at least 4 members (excludes halogenated alkanes) is 2. The fourth-order valence-corrected chi connectivity index (χ4v) is 10.1. The van der Waals surface area contributed by atoms with Crippen molar-refractivity contribution in [1.29, 1.82) is 0 Å². The Balaban J connectivity index is 1.44. The number of carbonyl (C=O) groups is 1. The third-order valence-electron chi connectivity index (χ3n) is 9.08. The maximum absolute atomic E-state index is 15.9. The number of fused-ring (bicyclic) bond motifs is 1. The van der Waals surface area contributed by atoms with Crippen LogP contribution in [-0.2, 0) is 50.8 Å². The van der Waals surface area contributed by atoms with E-state index in [-0.39, 0.29) is 52.7 Å². The highest BCUT2D eigenvalue weighted by molar-refractivity contribution is 7.92. The van der Waals surface area contributed by atoms with E-state index in [9.17, 15) is 26.7 Å². The van der Waals surface area contributed by atoms with Crippen LogP contribution in [0.2, 0.25) is 0 Å². The Morgan fingerprint density at radius 2 is 1.81 bits per heavy atom. The molecule has 0 radical (unpaired) electrons. The van der Waals surface area contributed by atoms with Crippen LogP contribution >= 0.6 is 0 Å². The van der Waals surface area contributed by atoms with Crippen molar-refractivity contribution in [3.8, 4) is 11.5 Å². The van der Waals surface area contributed by atoms with Crippen LogP contribution in [0.15, 0.2) is 64.6 Å². The molecule has 278 valence electrons. The number of carboxylic acids is 1. The van der Waals surface area contributed by atoms with Crippen molar-refractivity contribution in [2.75, 3.05) is 11.5 Å². The predicted molar refractivity (Wildman–Crippen MR) is 196 cm³/mol. The Hall–Kier alpha value is -4.50. The molecule has 0 aliphatic heterocycles. The number of hydrogen-bond acceptors (Lipinski definition) is 9. The Morgan fingerprint density at radius 1 is 1.06 bits per heavy atom. The zero-order chi connectivity index (χ0) is 37.8. The molecule has 0 fully saturated rings. The lowest BCUT2D eigenvalue weighted by molar-refractivity contribution is -0.141. The smallest absolute Gasteiger partial charge is 0.306 e. The lowest BCUT2D eigenvalue weighted by Gasteiger charge is -2.24. The Morgan fingerprint density at radius 3 is 2.54 bits per heavy atom. The Labute approximate surface area is 303 Å². The molecule has 0 unspecified atom stereocenters. The molecule has 0 amide bonds. The highest BCUT2D eigenvalue weighted by Crippen LogP contribution is 2.34. The van der Waals surface area contributed by atoms with E-state index in [0.29, 0.717) is 28.1 Å². The van der Waals surface area contributed by atoms with E-state index in [1.807, 2.05) is 13.8 Å². The zero-order valence-corrected chi connectivity index (χ0v) is 31.7. The monoisotopic (exact) mass is 752 g/mol. The van der Waals surface area contributed by atoms with Crippen LogP contribution in [0, 0.1) is 17.2 Å². The first-order valence-electron chi connectivity index (χ1n) is 17.3. The minimum absolute atomic E-state index is 0.0593. The molecule has 5 aromatic rings. The number of aromatic nitrogens is 6. The summed E-state index contributed by atoms with van der Waals surface area (Å²) in [6.45, 7) is 7.54. The molecule has 0 bridgehead atoms. The van der Waals surface area contributed by atoms with Crippen LogP contribution in [0.4, 0.5) is 4.39 Å². The minimum atomic E-state index is -4.53. The molecule has 0 saturated carbocycles. The lowest BCUT2D eigenvalue weighted by Crippen LogP contribution is -2.27. The molecular formula is C37H45FN6O6S2. The van der Waals surface area contributed by atoms with Crippen LogP contribution in [0.25, 0.3) is 22.4 Å². The summed E-state index contributed by atoms with van der Waals surface area (Å²) in [5, 5.41) is 14.2. The Bertz CT molecular complexity index is 2300. The van der Waals surface area contributed by atoms with Gasteiger partial charge in [-0.2, -0.15) is 5.10 Å². The first kappa shape index (κ1) is 38.7. The van der Waals surface area contributed by atoms with Gasteiger partial charge in [-0.25, -0.2) is 30.9 Å². The van der Waals surface area contributed by atoms with Crippen molar-refractivity contribution < 1.29 is 31.1 Å². The third-order valence-corrected chi connectivity index (χ3v) is 13.0. The number of aryl methyl sites for hydroxylation is 2. The number of aliphatic carboxylic acids is 1. The van der Waals surface area contributed by atoms with Crippen molar-refractivity contribution in [2.24, 2.45) is 18.4 Å². The number of nitrogens with one attached hydrogen (secondary N) is 1. The number of benzene rings is 1. The number of nitrogens with zero attached hydrogens (tertiary/aromatic N) is 5. The average molecular weight is 753 g/mol. The van der Waals surface area contributed by atoms with Crippen LogP contribution in [0.1, 0.15) is 76.2 Å². The number of aromatic amines is 1.